The molecule has 150 heavy (non-hydrogen) atoms. The average Bonchev–Trinajstić information content (AvgIpc) is 1.37. The first-order valence-corrected chi connectivity index (χ1v) is 55.0. The number of carbonyl (C=O) groups is 19. The topological polar surface area (TPSA) is 570 Å². The van der Waals surface area contributed by atoms with E-state index in [-0.39, 0.29) is 246 Å². The number of benzene rings is 2. The van der Waals surface area contributed by atoms with Crippen LogP contribution in [0.4, 0.5) is 35.1 Å². The van der Waals surface area contributed by atoms with Crippen molar-refractivity contribution in [3.05, 3.63) is 138 Å². The van der Waals surface area contributed by atoms with Gasteiger partial charge in [0, 0.05) is 138 Å². The summed E-state index contributed by atoms with van der Waals surface area (Å²) in [7, 11) is -4.02. The number of ether oxygens (including phenoxy) is 8. The number of Topliss-reactive ketones (excluding diaryl/α,β-unsaturated/α-hetero) is 5. The number of hydroxylamine groups is 4. The largest absolute Gasteiger partial charge is 1.00 e. The third-order valence-electron chi connectivity index (χ3n) is 19.8. The maximum Gasteiger partial charge on any atom is 1.00 e. The molecule has 0 saturated carbocycles. The van der Waals surface area contributed by atoms with Crippen LogP contribution in [0.1, 0.15) is 215 Å². The van der Waals surface area contributed by atoms with Crippen LogP contribution in [0.15, 0.2) is 108 Å². The van der Waals surface area contributed by atoms with Gasteiger partial charge in [0.05, 0.1) is 76.2 Å². The van der Waals surface area contributed by atoms with Crippen molar-refractivity contribution in [3.63, 3.8) is 0 Å². The normalized spacial score (nSPS) is 14.3. The first kappa shape index (κ1) is 137. The third kappa shape index (κ3) is 58.9. The number of imide groups is 3. The van der Waals surface area contributed by atoms with Gasteiger partial charge in [0.15, 0.2) is 11.9 Å². The summed E-state index contributed by atoms with van der Waals surface area (Å²) in [6.45, 7) is 4.79. The van der Waals surface area contributed by atoms with E-state index in [9.17, 15) is 152 Å². The van der Waals surface area contributed by atoms with Crippen molar-refractivity contribution in [2.75, 3.05) is 75.3 Å². The Morgan fingerprint density at radius 3 is 1.32 bits per heavy atom. The minimum absolute atomic E-state index is 0. The molecule has 0 aliphatic carbocycles. The Hall–Kier alpha value is -8.94. The number of esters is 6. The standard InChI is InChI=1S/C22H28N2O10S3.C20H24N2O10S3.C17H16F5IO5.C17H22F3NO6.C17H20O4.2Na/c25-16(11-14-35-36-18-8-3-5-12-23-18)7-4-6-13-33-20(27)9-1-2-10-21(28)34-24-19(26)15-17(22(24)29)37(30,31)32;23-14(8-9-18(25)31-11-12-33-34-16-6-3-4-10-21-16)5-1-2-7-19(26)32-22-17(24)13-15(20(22)27)35(28,29)30;18-12-13(19)15(21)17(16(22)14(12)20)28-11(26)6-3-5-10(25)27-7-2-1-4-9(24)8-23;18-17(19,20)8-12-26-10-1-3-13(22)4-7-16(25)27-11-2-9-21-14(23)5-6-15(21)24;1-2-5-13-7-9-14(10-8-13)15(18)6-3-4-11-20-17(19)16-12-21-16;;/h3,5,8,12,17H,1-2,4,6-7,9-11,13-15H2,(H,30,31,32);3-4,6,10,15H,1-2,5,7-9,11-13H2,(H,28,29,30);1-8H2;5-6H,1-4,7-12H2;2,7-10,16H,1,3-6,11-12H2;;/q;;;;;2*+1/p-2. The number of aromatic nitrogens is 2. The van der Waals surface area contributed by atoms with Crippen LogP contribution in [0, 0.1) is 29.1 Å². The molecular weight excluding hydrogens is 2260 g/mol. The van der Waals surface area contributed by atoms with Gasteiger partial charge >= 0.3 is 113 Å². The molecule has 816 valence electrons. The molecule has 0 bridgehead atoms. The Labute approximate surface area is 931 Å². The van der Waals surface area contributed by atoms with E-state index >= 15 is 0 Å². The van der Waals surface area contributed by atoms with E-state index < -0.39 is 181 Å². The Bertz CT molecular complexity index is 5400. The fourth-order valence-corrected chi connectivity index (χ4v) is 17.3. The summed E-state index contributed by atoms with van der Waals surface area (Å²) in [5, 5.41) is -2.45. The minimum atomic E-state index is -5.04. The van der Waals surface area contributed by atoms with E-state index in [0.717, 1.165) is 32.5 Å². The van der Waals surface area contributed by atoms with Crippen molar-refractivity contribution >= 4 is 198 Å². The van der Waals surface area contributed by atoms with Crippen molar-refractivity contribution in [1.29, 1.82) is 0 Å². The SMILES string of the molecule is C=CCc1ccc(C(=O)CCCCOC(=O)C2CO2)cc1.O=C(CCCCC(=O)ON1C(=O)CC(S(=O)(=O)[O-])C1=O)CCC(=O)OCCSSc1ccccn1.O=C(CCCCOC(=O)CCCCC(=O)ON1C(=O)CC(S(=O)(=O)[O-])C1=O)CCSSc1ccccn1.O=C(CCCOCCC(F)(F)F)CCC(=O)OCCCN1C(=O)C=CC1=O.O=C(CI)CCCCOC(=O)CCCC(=O)Oc1c(F)c(F)c(F)c(F)c1F.[Na+].[Na+]. The van der Waals surface area contributed by atoms with Gasteiger partial charge in [-0.2, -0.15) is 22.0 Å². The fraction of sp³-hybridized carbons (Fsp3) is 0.516. The Kier molecular flexibility index (Phi) is 69.3. The van der Waals surface area contributed by atoms with E-state index in [0.29, 0.717) is 106 Å². The van der Waals surface area contributed by atoms with Crippen molar-refractivity contribution in [2.24, 2.45) is 0 Å². The molecule has 0 radical (unpaired) electrons. The summed E-state index contributed by atoms with van der Waals surface area (Å²) in [5.41, 5.74) is 1.88. The monoisotopic (exact) mass is 2370 g/mol. The molecule has 6 amide bonds. The number of carbonyl (C=O) groups excluding carboxylic acids is 19. The number of epoxide rings is 1. The van der Waals surface area contributed by atoms with Crippen LogP contribution >= 0.6 is 65.8 Å². The molecule has 0 N–H and O–H groups in total. The van der Waals surface area contributed by atoms with Crippen LogP contribution < -0.4 is 63.9 Å². The second-order valence-electron chi connectivity index (χ2n) is 31.6. The zero-order valence-corrected chi connectivity index (χ0v) is 92.6. The number of pyridine rings is 2. The molecule has 2 aromatic carbocycles. The number of alkyl halides is 4. The summed E-state index contributed by atoms with van der Waals surface area (Å²) in [6, 6.07) is 18.8. The first-order chi connectivity index (χ1) is 70.2. The summed E-state index contributed by atoms with van der Waals surface area (Å²) in [4.78, 5) is 239. The van der Waals surface area contributed by atoms with E-state index in [1.165, 1.54) is 44.5 Å². The van der Waals surface area contributed by atoms with Crippen molar-refractivity contribution in [3.8, 4) is 5.75 Å². The second-order valence-corrected chi connectivity index (χ2v) is 40.4. The number of ketones is 5. The molecule has 0 spiro atoms. The molecule has 4 aromatic rings. The Morgan fingerprint density at radius 2 is 0.867 bits per heavy atom. The predicted molar refractivity (Wildman–Crippen MR) is 514 cm³/mol. The van der Waals surface area contributed by atoms with Crippen LogP contribution in [0.5, 0.6) is 5.75 Å². The third-order valence-corrected chi connectivity index (χ3v) is 27.2. The van der Waals surface area contributed by atoms with Crippen molar-refractivity contribution in [2.45, 2.75) is 238 Å². The zero-order valence-electron chi connectivity index (χ0n) is 81.6. The number of halogens is 9. The molecule has 40 nitrogen and oxygen atoms in total. The van der Waals surface area contributed by atoms with E-state index in [1.807, 2.05) is 89.3 Å². The van der Waals surface area contributed by atoms with Gasteiger partial charge in [0.1, 0.15) is 70.5 Å². The summed E-state index contributed by atoms with van der Waals surface area (Å²) < 4.78 is 206. The molecule has 4 aliphatic rings. The Morgan fingerprint density at radius 1 is 0.460 bits per heavy atom. The molecule has 57 heteroatoms. The van der Waals surface area contributed by atoms with Gasteiger partial charge in [-0.3, -0.25) is 81.6 Å². The van der Waals surface area contributed by atoms with Gasteiger partial charge in [0.2, 0.25) is 34.8 Å². The van der Waals surface area contributed by atoms with Gasteiger partial charge in [-0.25, -0.2) is 54.4 Å². The zero-order chi connectivity index (χ0) is 110. The van der Waals surface area contributed by atoms with Crippen LogP contribution in [0.2, 0.25) is 0 Å². The minimum Gasteiger partial charge on any atom is -0.747 e. The number of hydrogen-bond donors (Lipinski definition) is 0. The van der Waals surface area contributed by atoms with Gasteiger partial charge in [0.25, 0.3) is 35.4 Å². The second kappa shape index (κ2) is 75.8. The van der Waals surface area contributed by atoms with Gasteiger partial charge in [-0.05, 0) is 141 Å². The fourth-order valence-electron chi connectivity index (χ4n) is 11.9. The van der Waals surface area contributed by atoms with Gasteiger partial charge in [-0.15, -0.1) is 16.7 Å². The van der Waals surface area contributed by atoms with Crippen LogP contribution in [-0.2, 0) is 156 Å². The van der Waals surface area contributed by atoms with Crippen molar-refractivity contribution < 1.29 is 259 Å². The first-order valence-electron chi connectivity index (χ1n) is 45.9. The molecule has 3 unspecified atom stereocenters. The van der Waals surface area contributed by atoms with Crippen LogP contribution in [0.3, 0.4) is 0 Å². The molecule has 8 rings (SSSR count). The summed E-state index contributed by atoms with van der Waals surface area (Å²) in [6.07, 6.45) is 6.73. The molecule has 3 fully saturated rings. The van der Waals surface area contributed by atoms with E-state index in [4.69, 9.17) is 33.2 Å². The molecule has 2 aromatic heterocycles. The van der Waals surface area contributed by atoms with E-state index in [1.54, 1.807) is 23.2 Å². The van der Waals surface area contributed by atoms with Gasteiger partial charge in [-0.1, -0.05) is 86.7 Å². The maximum absolute atomic E-state index is 13.4. The number of amides is 6. The number of hydrogen-bond acceptors (Lipinski definition) is 41. The summed E-state index contributed by atoms with van der Waals surface area (Å²) in [5.74, 6) is -23.3. The average molecular weight is 2370 g/mol. The number of allylic oxidation sites excluding steroid dienone is 1. The molecule has 3 saturated heterocycles. The quantitative estimate of drug-likeness (QED) is 0.00363. The van der Waals surface area contributed by atoms with E-state index in [2.05, 4.69) is 31.0 Å². The van der Waals surface area contributed by atoms with Gasteiger partial charge < -0.3 is 56.7 Å². The number of unbranched alkanes of at least 4 members (excludes halogenated alkanes) is 5. The summed E-state index contributed by atoms with van der Waals surface area (Å²) >= 11 is 1.95. The maximum atomic E-state index is 13.4. The predicted octanol–water partition coefficient (Wildman–Crippen LogP) is 6.43. The molecule has 4 aliphatic heterocycles. The smallest absolute Gasteiger partial charge is 0.747 e. The number of nitrogens with zero attached hydrogens (tertiary/aromatic N) is 5. The van der Waals surface area contributed by atoms with Crippen LogP contribution in [-0.4, -0.2) is 261 Å². The number of rotatable bonds is 65. The molecular formula is C93H108F8IN5Na2O35S6. The molecule has 3 atom stereocenters. The Balaban J connectivity index is 0.000000639. The molecule has 6 heterocycles. The van der Waals surface area contributed by atoms with Crippen LogP contribution in [0.25, 0.3) is 0 Å². The van der Waals surface area contributed by atoms with Crippen molar-refractivity contribution in [1.82, 2.24) is 25.0 Å².